The lowest BCUT2D eigenvalue weighted by atomic mass is 10.4. The van der Waals surface area contributed by atoms with Gasteiger partial charge in [0.15, 0.2) is 0 Å². The van der Waals surface area contributed by atoms with E-state index in [1.807, 2.05) is 0 Å². The molecular weight excluding hydrogens is 258 g/mol. The van der Waals surface area contributed by atoms with E-state index in [1.54, 1.807) is 0 Å². The molecule has 1 aromatic heterocycles. The fourth-order valence-electron chi connectivity index (χ4n) is 0.829. The molecule has 0 saturated heterocycles. The molecule has 0 atom stereocenters. The summed E-state index contributed by atoms with van der Waals surface area (Å²) in [5.41, 5.74) is 0. The van der Waals surface area contributed by atoms with Crippen molar-refractivity contribution in [2.24, 2.45) is 0 Å². The van der Waals surface area contributed by atoms with E-state index in [2.05, 4.69) is 21.0 Å². The first-order valence-electron chi connectivity index (χ1n) is 3.60. The molecule has 0 aliphatic carbocycles. The Morgan fingerprint density at radius 1 is 1.79 bits per heavy atom. The van der Waals surface area contributed by atoms with Crippen molar-refractivity contribution in [2.45, 2.75) is 13.0 Å². The largest absolute Gasteiger partial charge is 0.481 e. The lowest BCUT2D eigenvalue weighted by molar-refractivity contribution is -0.389. The van der Waals surface area contributed by atoms with Crippen molar-refractivity contribution in [3.63, 3.8) is 0 Å². The molecule has 0 aliphatic heterocycles. The molecule has 0 saturated carbocycles. The normalized spacial score (nSPS) is 10.1. The Labute approximate surface area is 86.6 Å². The molecule has 0 aliphatic rings. The van der Waals surface area contributed by atoms with Crippen LogP contribution in [0.1, 0.15) is 6.42 Å². The minimum atomic E-state index is -0.977. The fourth-order valence-corrected chi connectivity index (χ4v) is 1.29. The third-order valence-corrected chi connectivity index (χ3v) is 2.08. The number of rotatable bonds is 4. The number of hydrogen-bond donors (Lipinski definition) is 1. The second-order valence-corrected chi connectivity index (χ2v) is 3.26. The molecule has 1 heterocycles. The van der Waals surface area contributed by atoms with Gasteiger partial charge in [0.05, 0.1) is 24.1 Å². The van der Waals surface area contributed by atoms with E-state index in [1.165, 1.54) is 10.7 Å². The Morgan fingerprint density at radius 3 is 2.86 bits per heavy atom. The van der Waals surface area contributed by atoms with Crippen LogP contribution in [-0.4, -0.2) is 25.8 Å². The van der Waals surface area contributed by atoms with Gasteiger partial charge in [-0.25, -0.2) is 0 Å². The van der Waals surface area contributed by atoms with Crippen LogP contribution in [0.5, 0.6) is 0 Å². The van der Waals surface area contributed by atoms with Gasteiger partial charge in [-0.3, -0.25) is 4.79 Å². The maximum absolute atomic E-state index is 10.3. The minimum absolute atomic E-state index is 0.101. The predicted octanol–water partition coefficient (Wildman–Crippen LogP) is 1.03. The highest BCUT2D eigenvalue weighted by Crippen LogP contribution is 2.17. The molecule has 0 fully saturated rings. The van der Waals surface area contributed by atoms with Crippen molar-refractivity contribution in [3.05, 3.63) is 20.8 Å². The number of aromatic nitrogens is 2. The van der Waals surface area contributed by atoms with Gasteiger partial charge in [-0.05, 0) is 20.9 Å². The first-order chi connectivity index (χ1) is 6.50. The van der Waals surface area contributed by atoms with Gasteiger partial charge in [-0.1, -0.05) is 0 Å². The summed E-state index contributed by atoms with van der Waals surface area (Å²) in [6, 6.07) is 1.22. The van der Waals surface area contributed by atoms with E-state index in [9.17, 15) is 14.9 Å². The van der Waals surface area contributed by atoms with Crippen molar-refractivity contribution in [1.82, 2.24) is 9.78 Å². The number of aryl methyl sites for hydroxylation is 1. The van der Waals surface area contributed by atoms with Crippen molar-refractivity contribution < 1.29 is 14.8 Å². The van der Waals surface area contributed by atoms with Crippen LogP contribution < -0.4 is 0 Å². The molecule has 14 heavy (non-hydrogen) atoms. The Balaban J connectivity index is 2.77. The standard InChI is InChI=1S/C6H6BrN3O4/c7-4-3-5(10(13)14)8-9(4)2-1-6(11)12/h3H,1-2H2,(H,11,12). The van der Waals surface area contributed by atoms with Crippen LogP contribution in [0, 0.1) is 10.1 Å². The van der Waals surface area contributed by atoms with E-state index in [4.69, 9.17) is 5.11 Å². The Kier molecular flexibility index (Phi) is 3.18. The number of nitrogens with zero attached hydrogens (tertiary/aromatic N) is 3. The SMILES string of the molecule is O=C(O)CCn1nc([N+](=O)[O-])cc1Br. The van der Waals surface area contributed by atoms with Gasteiger partial charge in [0.1, 0.15) is 4.60 Å². The van der Waals surface area contributed by atoms with Crippen molar-refractivity contribution in [3.8, 4) is 0 Å². The molecule has 0 radical (unpaired) electrons. The van der Waals surface area contributed by atoms with Gasteiger partial charge >= 0.3 is 11.8 Å². The lowest BCUT2D eigenvalue weighted by Crippen LogP contribution is -2.06. The summed E-state index contributed by atoms with van der Waals surface area (Å²) in [7, 11) is 0. The number of halogens is 1. The van der Waals surface area contributed by atoms with Crippen LogP contribution in [0.25, 0.3) is 0 Å². The zero-order valence-electron chi connectivity index (χ0n) is 6.88. The van der Waals surface area contributed by atoms with Gasteiger partial charge < -0.3 is 15.2 Å². The molecule has 76 valence electrons. The third-order valence-electron chi connectivity index (χ3n) is 1.44. The molecule has 0 unspecified atom stereocenters. The second kappa shape index (κ2) is 4.18. The quantitative estimate of drug-likeness (QED) is 0.646. The number of aliphatic carboxylic acids is 1. The highest BCUT2D eigenvalue weighted by Gasteiger charge is 2.16. The molecule has 7 nitrogen and oxygen atoms in total. The van der Waals surface area contributed by atoms with E-state index in [-0.39, 0.29) is 18.8 Å². The van der Waals surface area contributed by atoms with Crippen molar-refractivity contribution in [1.29, 1.82) is 0 Å². The van der Waals surface area contributed by atoms with Crippen LogP contribution in [0.2, 0.25) is 0 Å². The first-order valence-corrected chi connectivity index (χ1v) is 4.39. The third kappa shape index (κ3) is 2.52. The molecule has 1 aromatic rings. The summed E-state index contributed by atoms with van der Waals surface area (Å²) >= 11 is 3.04. The number of hydrogen-bond acceptors (Lipinski definition) is 4. The monoisotopic (exact) mass is 263 g/mol. The van der Waals surface area contributed by atoms with E-state index >= 15 is 0 Å². The van der Waals surface area contributed by atoms with Crippen LogP contribution in [0.4, 0.5) is 5.82 Å². The number of nitro groups is 1. The number of carboxylic acid groups (broad SMARTS) is 1. The maximum atomic E-state index is 10.3. The van der Waals surface area contributed by atoms with E-state index in [0.717, 1.165) is 0 Å². The van der Waals surface area contributed by atoms with Crippen LogP contribution >= 0.6 is 15.9 Å². The van der Waals surface area contributed by atoms with Crippen molar-refractivity contribution in [2.75, 3.05) is 0 Å². The molecular formula is C6H6BrN3O4. The van der Waals surface area contributed by atoms with Gasteiger partial charge in [-0.2, -0.15) is 4.68 Å². The summed E-state index contributed by atoms with van der Waals surface area (Å²) in [6.07, 6.45) is -0.128. The molecule has 0 aromatic carbocycles. The Hall–Kier alpha value is -1.44. The summed E-state index contributed by atoms with van der Waals surface area (Å²) in [5.74, 6) is -1.28. The van der Waals surface area contributed by atoms with Gasteiger partial charge in [0.2, 0.25) is 0 Å². The maximum Gasteiger partial charge on any atom is 0.391 e. The molecule has 8 heteroatoms. The van der Waals surface area contributed by atoms with E-state index < -0.39 is 10.9 Å². The lowest BCUT2D eigenvalue weighted by Gasteiger charge is -1.93. The summed E-state index contributed by atoms with van der Waals surface area (Å²) in [5, 5.41) is 22.3. The van der Waals surface area contributed by atoms with Crippen molar-refractivity contribution >= 4 is 27.7 Å². The van der Waals surface area contributed by atoms with Gasteiger partial charge in [0.25, 0.3) is 0 Å². The van der Waals surface area contributed by atoms with Crippen LogP contribution in [0.15, 0.2) is 10.7 Å². The fraction of sp³-hybridized carbons (Fsp3) is 0.333. The average molecular weight is 264 g/mol. The van der Waals surface area contributed by atoms with Gasteiger partial charge in [-0.15, -0.1) is 0 Å². The molecule has 0 bridgehead atoms. The minimum Gasteiger partial charge on any atom is -0.481 e. The van der Waals surface area contributed by atoms with Crippen LogP contribution in [0.3, 0.4) is 0 Å². The van der Waals surface area contributed by atoms with E-state index in [0.29, 0.717) is 4.60 Å². The zero-order chi connectivity index (χ0) is 10.7. The molecule has 1 rings (SSSR count). The van der Waals surface area contributed by atoms with Gasteiger partial charge in [0, 0.05) is 0 Å². The topological polar surface area (TPSA) is 98.3 Å². The first kappa shape index (κ1) is 10.6. The molecule has 0 spiro atoms. The number of carbonyl (C=O) groups is 1. The summed E-state index contributed by atoms with van der Waals surface area (Å²) in [6.45, 7) is 0.101. The highest BCUT2D eigenvalue weighted by atomic mass is 79.9. The Bertz CT molecular complexity index is 375. The second-order valence-electron chi connectivity index (χ2n) is 2.45. The zero-order valence-corrected chi connectivity index (χ0v) is 8.47. The summed E-state index contributed by atoms with van der Waals surface area (Å²) in [4.78, 5) is 19.9. The smallest absolute Gasteiger partial charge is 0.391 e. The average Bonchev–Trinajstić information content (AvgIpc) is 2.43. The number of carboxylic acids is 1. The summed E-state index contributed by atoms with van der Waals surface area (Å²) < 4.78 is 1.62. The molecule has 0 amide bonds. The Morgan fingerprint density at radius 2 is 2.43 bits per heavy atom. The highest BCUT2D eigenvalue weighted by molar-refractivity contribution is 9.10. The molecule has 1 N–H and O–H groups in total. The van der Waals surface area contributed by atoms with Crippen LogP contribution in [-0.2, 0) is 11.3 Å². The predicted molar refractivity (Wildman–Crippen MR) is 48.8 cm³/mol.